The lowest BCUT2D eigenvalue weighted by molar-refractivity contribution is -0.118. The Balaban J connectivity index is 1.39. The molecule has 3 aromatic carbocycles. The van der Waals surface area contributed by atoms with Crippen molar-refractivity contribution in [1.82, 2.24) is 14.6 Å². The summed E-state index contributed by atoms with van der Waals surface area (Å²) in [5, 5.41) is 7.99. The number of carbonyl (C=O) groups is 2. The third-order valence-electron chi connectivity index (χ3n) is 6.12. The number of para-hydroxylation sites is 1. The minimum atomic E-state index is -0.474. The second kappa shape index (κ2) is 9.36. The Kier molecular flexibility index (Phi) is 5.98. The van der Waals surface area contributed by atoms with Crippen molar-refractivity contribution in [2.24, 2.45) is 0 Å². The van der Waals surface area contributed by atoms with E-state index >= 15 is 0 Å². The first-order chi connectivity index (χ1) is 18.3. The van der Waals surface area contributed by atoms with Crippen molar-refractivity contribution in [3.63, 3.8) is 0 Å². The summed E-state index contributed by atoms with van der Waals surface area (Å²) in [6.07, 6.45) is 0. The molecule has 0 unspecified atom stereocenters. The molecule has 1 aliphatic rings. The van der Waals surface area contributed by atoms with E-state index in [2.05, 4.69) is 15.4 Å². The van der Waals surface area contributed by atoms with Crippen LogP contribution in [0.4, 0.5) is 11.4 Å². The number of aryl methyl sites for hydroxylation is 1. The van der Waals surface area contributed by atoms with Crippen LogP contribution in [0.3, 0.4) is 0 Å². The Bertz CT molecular complexity index is 1880. The molecule has 0 aliphatic carbocycles. The van der Waals surface area contributed by atoms with Gasteiger partial charge in [-0.1, -0.05) is 70.4 Å². The van der Waals surface area contributed by atoms with Gasteiger partial charge in [0, 0.05) is 21.8 Å². The predicted octanol–water partition coefficient (Wildman–Crippen LogP) is 4.34. The van der Waals surface area contributed by atoms with Gasteiger partial charge in [-0.2, -0.15) is 9.50 Å². The summed E-state index contributed by atoms with van der Waals surface area (Å²) >= 11 is 13.3. The van der Waals surface area contributed by atoms with Gasteiger partial charge in [-0.05, 0) is 43.3 Å². The van der Waals surface area contributed by atoms with Crippen LogP contribution in [0, 0.1) is 6.92 Å². The molecule has 0 radical (unpaired) electrons. The molecule has 3 heterocycles. The number of benzene rings is 3. The first-order valence-corrected chi connectivity index (χ1v) is 13.0. The van der Waals surface area contributed by atoms with E-state index in [1.807, 2.05) is 19.1 Å². The Hall–Kier alpha value is -4.05. The summed E-state index contributed by atoms with van der Waals surface area (Å²) in [5.74, 6) is -0.514. The van der Waals surface area contributed by atoms with Crippen LogP contribution in [0.15, 0.2) is 71.5 Å². The number of nitrogens with zero attached hydrogens (tertiary/aromatic N) is 4. The van der Waals surface area contributed by atoms with Gasteiger partial charge in [0.25, 0.3) is 11.5 Å². The topological polar surface area (TPSA) is 96.7 Å². The number of rotatable bonds is 4. The van der Waals surface area contributed by atoms with E-state index < -0.39 is 11.5 Å². The molecule has 1 N–H and O–H groups in total. The van der Waals surface area contributed by atoms with Crippen molar-refractivity contribution in [1.29, 1.82) is 0 Å². The van der Waals surface area contributed by atoms with Crippen molar-refractivity contribution in [3.8, 4) is 11.4 Å². The van der Waals surface area contributed by atoms with E-state index in [4.69, 9.17) is 23.2 Å². The molecule has 0 saturated heterocycles. The fourth-order valence-electron chi connectivity index (χ4n) is 4.31. The number of aromatic nitrogens is 3. The standard InChI is InChI=1S/C27H17Cl2N5O3S/c1-14-6-9-16(10-7-14)30-21(35)13-33-20-5-3-2-4-18(20)22(25(33)36)23-26(37)34-27(38-23)31-24(32-34)17-11-8-15(28)12-19(17)29/h2-12H,13H2,1H3,(H,30,35)/b23-22-. The molecule has 1 aliphatic heterocycles. The zero-order chi connectivity index (χ0) is 26.6. The third kappa shape index (κ3) is 4.14. The van der Waals surface area contributed by atoms with Gasteiger partial charge < -0.3 is 5.32 Å². The summed E-state index contributed by atoms with van der Waals surface area (Å²) < 4.78 is 1.36. The normalized spacial score (nSPS) is 14.3. The van der Waals surface area contributed by atoms with Gasteiger partial charge in [0.2, 0.25) is 10.9 Å². The van der Waals surface area contributed by atoms with Gasteiger partial charge in [0.1, 0.15) is 11.1 Å². The largest absolute Gasteiger partial charge is 0.325 e. The Morgan fingerprint density at radius 3 is 2.50 bits per heavy atom. The summed E-state index contributed by atoms with van der Waals surface area (Å²) in [7, 11) is 0. The zero-order valence-corrected chi connectivity index (χ0v) is 22.1. The van der Waals surface area contributed by atoms with Crippen molar-refractivity contribution in [2.45, 2.75) is 6.92 Å². The maximum absolute atomic E-state index is 13.6. The summed E-state index contributed by atoms with van der Waals surface area (Å²) in [6.45, 7) is 1.75. The molecule has 0 bridgehead atoms. The maximum atomic E-state index is 13.6. The average Bonchev–Trinajstić information content (AvgIpc) is 3.51. The van der Waals surface area contributed by atoms with Crippen LogP contribution < -0.4 is 20.3 Å². The van der Waals surface area contributed by atoms with Crippen molar-refractivity contribution in [2.75, 3.05) is 16.8 Å². The van der Waals surface area contributed by atoms with Crippen LogP contribution in [0.5, 0.6) is 0 Å². The SMILES string of the molecule is Cc1ccc(NC(=O)CN2C(=O)/C(=c3\sc4nc(-c5ccc(Cl)cc5Cl)nn4c3=O)c3ccccc32)cc1. The molecule has 11 heteroatoms. The molecule has 2 amide bonds. The quantitative estimate of drug-likeness (QED) is 0.352. The van der Waals surface area contributed by atoms with Crippen LogP contribution in [-0.2, 0) is 9.59 Å². The highest BCUT2D eigenvalue weighted by Gasteiger charge is 2.35. The first kappa shape index (κ1) is 24.3. The fourth-order valence-corrected chi connectivity index (χ4v) is 5.80. The van der Waals surface area contributed by atoms with Gasteiger partial charge in [-0.3, -0.25) is 19.3 Å². The average molecular weight is 562 g/mol. The third-order valence-corrected chi connectivity index (χ3v) is 7.69. The molecular formula is C27H17Cl2N5O3S. The molecule has 5 aromatic rings. The Morgan fingerprint density at radius 2 is 1.76 bits per heavy atom. The molecule has 6 rings (SSSR count). The number of amides is 2. The summed E-state index contributed by atoms with van der Waals surface area (Å²) in [5.41, 5.74) is 3.11. The van der Waals surface area contributed by atoms with E-state index in [1.165, 1.54) is 4.90 Å². The van der Waals surface area contributed by atoms with E-state index in [1.54, 1.807) is 54.6 Å². The number of carbonyl (C=O) groups excluding carboxylic acids is 2. The summed E-state index contributed by atoms with van der Waals surface area (Å²) in [4.78, 5) is 46.0. The van der Waals surface area contributed by atoms with Crippen molar-refractivity contribution in [3.05, 3.63) is 103 Å². The van der Waals surface area contributed by atoms with Crippen molar-refractivity contribution >= 4 is 68.3 Å². The molecule has 0 saturated carbocycles. The lowest BCUT2D eigenvalue weighted by atomic mass is 10.1. The number of anilines is 2. The second-order valence-corrected chi connectivity index (χ2v) is 10.5. The minimum Gasteiger partial charge on any atom is -0.325 e. The summed E-state index contributed by atoms with van der Waals surface area (Å²) in [6, 6.07) is 19.4. The highest BCUT2D eigenvalue weighted by molar-refractivity contribution is 7.15. The molecule has 2 aromatic heterocycles. The van der Waals surface area contributed by atoms with Gasteiger partial charge in [-0.25, -0.2) is 0 Å². The number of thiazole rings is 1. The van der Waals surface area contributed by atoms with Crippen LogP contribution in [-0.4, -0.2) is 33.0 Å². The highest BCUT2D eigenvalue weighted by atomic mass is 35.5. The van der Waals surface area contributed by atoms with E-state index in [-0.39, 0.29) is 28.4 Å². The number of hydrogen-bond donors (Lipinski definition) is 1. The number of nitrogens with one attached hydrogen (secondary N) is 1. The Labute approximate surface area is 229 Å². The molecule has 0 atom stereocenters. The second-order valence-electron chi connectivity index (χ2n) is 8.69. The number of hydrogen-bond acceptors (Lipinski definition) is 6. The van der Waals surface area contributed by atoms with E-state index in [0.29, 0.717) is 37.5 Å². The van der Waals surface area contributed by atoms with E-state index in [0.717, 1.165) is 21.4 Å². The van der Waals surface area contributed by atoms with Gasteiger partial charge in [0.15, 0.2) is 5.82 Å². The number of halogens is 2. The first-order valence-electron chi connectivity index (χ1n) is 11.5. The fraction of sp³-hybridized carbons (Fsp3) is 0.0741. The van der Waals surface area contributed by atoms with Crippen LogP contribution in [0.2, 0.25) is 10.0 Å². The maximum Gasteiger partial charge on any atom is 0.291 e. The van der Waals surface area contributed by atoms with E-state index in [9.17, 15) is 14.4 Å². The van der Waals surface area contributed by atoms with Crippen LogP contribution in [0.25, 0.3) is 21.9 Å². The molecule has 0 spiro atoms. The number of fused-ring (bicyclic) bond motifs is 2. The minimum absolute atomic E-state index is 0.202. The molecule has 188 valence electrons. The van der Waals surface area contributed by atoms with Crippen LogP contribution in [0.1, 0.15) is 11.1 Å². The molecule has 0 fully saturated rings. The zero-order valence-electron chi connectivity index (χ0n) is 19.7. The molecular weight excluding hydrogens is 545 g/mol. The molecule has 38 heavy (non-hydrogen) atoms. The highest BCUT2D eigenvalue weighted by Crippen LogP contribution is 2.35. The Morgan fingerprint density at radius 1 is 1.00 bits per heavy atom. The monoisotopic (exact) mass is 561 g/mol. The lowest BCUT2D eigenvalue weighted by Gasteiger charge is -2.16. The van der Waals surface area contributed by atoms with Gasteiger partial charge in [-0.15, -0.1) is 5.10 Å². The molecule has 8 nitrogen and oxygen atoms in total. The van der Waals surface area contributed by atoms with Gasteiger partial charge >= 0.3 is 0 Å². The lowest BCUT2D eigenvalue weighted by Crippen LogP contribution is -2.37. The van der Waals surface area contributed by atoms with Crippen molar-refractivity contribution < 1.29 is 9.59 Å². The predicted molar refractivity (Wildman–Crippen MR) is 149 cm³/mol. The van der Waals surface area contributed by atoms with Crippen LogP contribution >= 0.6 is 34.5 Å². The van der Waals surface area contributed by atoms with Gasteiger partial charge in [0.05, 0.1) is 16.3 Å². The smallest absolute Gasteiger partial charge is 0.291 e.